The number of esters is 2. The van der Waals surface area contributed by atoms with Crippen molar-refractivity contribution in [1.29, 1.82) is 0 Å². The van der Waals surface area contributed by atoms with E-state index in [0.29, 0.717) is 0 Å². The van der Waals surface area contributed by atoms with Crippen molar-refractivity contribution in [2.24, 2.45) is 0 Å². The lowest BCUT2D eigenvalue weighted by Gasteiger charge is -2.35. The van der Waals surface area contributed by atoms with E-state index in [1.54, 1.807) is 20.8 Å². The third-order valence-corrected chi connectivity index (χ3v) is 5.54. The summed E-state index contributed by atoms with van der Waals surface area (Å²) in [6.45, 7) is 5.21. The summed E-state index contributed by atoms with van der Waals surface area (Å²) in [6.07, 6.45) is -0.357. The van der Waals surface area contributed by atoms with E-state index in [0.717, 1.165) is 16.7 Å². The average molecular weight is 474 g/mol. The van der Waals surface area contributed by atoms with E-state index in [2.05, 4.69) is 5.32 Å². The first-order valence-corrected chi connectivity index (χ1v) is 11.5. The molecule has 0 unspecified atom stereocenters. The number of carbonyl (C=O) groups excluding carboxylic acids is 3. The third-order valence-electron chi connectivity index (χ3n) is 5.54. The Balaban J connectivity index is 2.13. The molecule has 0 spiro atoms. The Hall–Kier alpha value is -3.93. The van der Waals surface area contributed by atoms with Gasteiger partial charge in [-0.2, -0.15) is 0 Å². The van der Waals surface area contributed by atoms with Crippen molar-refractivity contribution in [3.05, 3.63) is 108 Å². The quantitative estimate of drug-likeness (QED) is 0.387. The molecular weight excluding hydrogens is 442 g/mol. The molecular formula is C29H31NO5. The molecule has 3 rings (SSSR count). The van der Waals surface area contributed by atoms with Crippen LogP contribution in [0.1, 0.15) is 43.9 Å². The maximum atomic E-state index is 14.3. The largest absolute Gasteiger partial charge is 0.467 e. The Bertz CT molecular complexity index is 1040. The Morgan fingerprint density at radius 3 is 1.49 bits per heavy atom. The minimum absolute atomic E-state index is 0.357. The van der Waals surface area contributed by atoms with E-state index in [4.69, 9.17) is 9.47 Å². The van der Waals surface area contributed by atoms with Crippen molar-refractivity contribution in [2.45, 2.75) is 44.2 Å². The van der Waals surface area contributed by atoms with Gasteiger partial charge in [-0.1, -0.05) is 91.0 Å². The Kier molecular flexibility index (Phi) is 8.07. The van der Waals surface area contributed by atoms with Gasteiger partial charge in [0.05, 0.1) is 13.5 Å². The zero-order valence-corrected chi connectivity index (χ0v) is 20.5. The summed E-state index contributed by atoms with van der Waals surface area (Å²) in [5, 5.41) is 2.81. The summed E-state index contributed by atoms with van der Waals surface area (Å²) in [7, 11) is 1.22. The number of carbonyl (C=O) groups is 3. The second-order valence-electron chi connectivity index (χ2n) is 9.19. The van der Waals surface area contributed by atoms with Gasteiger partial charge in [0.2, 0.25) is 5.91 Å². The Morgan fingerprint density at radius 1 is 0.743 bits per heavy atom. The third kappa shape index (κ3) is 5.96. The van der Waals surface area contributed by atoms with Gasteiger partial charge in [0, 0.05) is 0 Å². The van der Waals surface area contributed by atoms with Crippen LogP contribution in [0, 0.1) is 0 Å². The molecule has 0 heterocycles. The monoisotopic (exact) mass is 473 g/mol. The van der Waals surface area contributed by atoms with Crippen LogP contribution in [0.5, 0.6) is 0 Å². The lowest BCUT2D eigenvalue weighted by atomic mass is 9.68. The first-order chi connectivity index (χ1) is 16.7. The van der Waals surface area contributed by atoms with Gasteiger partial charge in [0.1, 0.15) is 17.1 Å². The molecule has 0 bridgehead atoms. The highest BCUT2D eigenvalue weighted by Gasteiger charge is 2.45. The molecule has 0 radical (unpaired) electrons. The molecule has 35 heavy (non-hydrogen) atoms. The van der Waals surface area contributed by atoms with Crippen LogP contribution in [-0.4, -0.2) is 36.6 Å². The molecule has 6 heteroatoms. The van der Waals surface area contributed by atoms with Gasteiger partial charge >= 0.3 is 11.9 Å². The van der Waals surface area contributed by atoms with Crippen LogP contribution in [0.3, 0.4) is 0 Å². The topological polar surface area (TPSA) is 81.7 Å². The molecule has 3 aromatic carbocycles. The number of benzene rings is 3. The minimum atomic E-state index is -1.29. The maximum absolute atomic E-state index is 14.3. The van der Waals surface area contributed by atoms with Crippen LogP contribution in [0.15, 0.2) is 91.0 Å². The number of amides is 1. The fraction of sp³-hybridized carbons (Fsp3) is 0.276. The van der Waals surface area contributed by atoms with Crippen molar-refractivity contribution in [3.8, 4) is 0 Å². The maximum Gasteiger partial charge on any atom is 0.328 e. The first kappa shape index (κ1) is 25.7. The van der Waals surface area contributed by atoms with Crippen molar-refractivity contribution < 1.29 is 23.9 Å². The summed E-state index contributed by atoms with van der Waals surface area (Å²) in [5.74, 6) is -1.80. The van der Waals surface area contributed by atoms with E-state index in [1.807, 2.05) is 91.0 Å². The fourth-order valence-electron chi connectivity index (χ4n) is 4.11. The van der Waals surface area contributed by atoms with E-state index in [1.165, 1.54) is 7.11 Å². The number of methoxy groups -OCH3 is 1. The zero-order valence-electron chi connectivity index (χ0n) is 20.5. The lowest BCUT2D eigenvalue weighted by molar-refractivity contribution is -0.159. The molecule has 0 saturated heterocycles. The van der Waals surface area contributed by atoms with Crippen molar-refractivity contribution in [1.82, 2.24) is 5.32 Å². The van der Waals surface area contributed by atoms with Crippen LogP contribution >= 0.6 is 0 Å². The molecule has 1 atom stereocenters. The van der Waals surface area contributed by atoms with Gasteiger partial charge in [0.25, 0.3) is 0 Å². The smallest absolute Gasteiger partial charge is 0.328 e. The molecule has 0 aliphatic rings. The molecule has 3 aromatic rings. The number of hydrogen-bond donors (Lipinski definition) is 1. The molecule has 0 saturated carbocycles. The SMILES string of the molecule is COC(=O)[C@@H](CC(=O)OC(C)(C)C)NC(=O)C(c1ccccc1)(c1ccccc1)c1ccccc1. The van der Waals surface area contributed by atoms with Gasteiger partial charge in [-0.25, -0.2) is 4.79 Å². The van der Waals surface area contributed by atoms with Gasteiger partial charge in [-0.15, -0.1) is 0 Å². The van der Waals surface area contributed by atoms with Crippen molar-refractivity contribution in [2.75, 3.05) is 7.11 Å². The molecule has 0 fully saturated rings. The fourth-order valence-corrected chi connectivity index (χ4v) is 4.11. The summed E-state index contributed by atoms with van der Waals surface area (Å²) in [5.41, 5.74) is 0.135. The summed E-state index contributed by atoms with van der Waals surface area (Å²) >= 11 is 0. The summed E-state index contributed by atoms with van der Waals surface area (Å²) < 4.78 is 10.3. The molecule has 0 aromatic heterocycles. The van der Waals surface area contributed by atoms with Crippen LogP contribution in [-0.2, 0) is 29.3 Å². The van der Waals surface area contributed by atoms with E-state index >= 15 is 0 Å². The second kappa shape index (κ2) is 11.0. The average Bonchev–Trinajstić information content (AvgIpc) is 2.84. The second-order valence-corrected chi connectivity index (χ2v) is 9.19. The normalized spacial score (nSPS) is 12.3. The number of hydrogen-bond acceptors (Lipinski definition) is 5. The van der Waals surface area contributed by atoms with Crippen LogP contribution in [0.2, 0.25) is 0 Å². The molecule has 0 aliphatic carbocycles. The summed E-state index contributed by atoms with van der Waals surface area (Å²) in [4.78, 5) is 39.5. The highest BCUT2D eigenvalue weighted by Crippen LogP contribution is 2.39. The van der Waals surface area contributed by atoms with E-state index in [-0.39, 0.29) is 6.42 Å². The van der Waals surface area contributed by atoms with E-state index < -0.39 is 34.9 Å². The summed E-state index contributed by atoms with van der Waals surface area (Å²) in [6, 6.07) is 26.8. The van der Waals surface area contributed by atoms with Crippen LogP contribution < -0.4 is 5.32 Å². The molecule has 6 nitrogen and oxygen atoms in total. The van der Waals surface area contributed by atoms with Gasteiger partial charge in [-0.3, -0.25) is 9.59 Å². The zero-order chi connectivity index (χ0) is 25.5. The number of rotatable bonds is 8. The highest BCUT2D eigenvalue weighted by molar-refractivity contribution is 5.99. The lowest BCUT2D eigenvalue weighted by Crippen LogP contribution is -2.53. The molecule has 1 N–H and O–H groups in total. The van der Waals surface area contributed by atoms with Crippen LogP contribution in [0.25, 0.3) is 0 Å². The highest BCUT2D eigenvalue weighted by atomic mass is 16.6. The standard InChI is InChI=1S/C29H31NO5/c1-28(2,3)35-25(31)20-24(26(32)34-4)30-27(33)29(21-14-8-5-9-15-21,22-16-10-6-11-17-22)23-18-12-7-13-19-23/h5-19,24H,20H2,1-4H3,(H,30,33)/t24-/m1/s1. The van der Waals surface area contributed by atoms with Crippen molar-refractivity contribution in [3.63, 3.8) is 0 Å². The van der Waals surface area contributed by atoms with Gasteiger partial charge in [-0.05, 0) is 37.5 Å². The molecule has 182 valence electrons. The molecule has 0 aliphatic heterocycles. The van der Waals surface area contributed by atoms with Gasteiger partial charge < -0.3 is 14.8 Å². The Labute approximate surface area is 206 Å². The van der Waals surface area contributed by atoms with Crippen LogP contribution in [0.4, 0.5) is 0 Å². The molecule has 1 amide bonds. The van der Waals surface area contributed by atoms with E-state index in [9.17, 15) is 14.4 Å². The number of ether oxygens (including phenoxy) is 2. The first-order valence-electron chi connectivity index (χ1n) is 11.5. The minimum Gasteiger partial charge on any atom is -0.467 e. The predicted molar refractivity (Wildman–Crippen MR) is 134 cm³/mol. The number of nitrogens with one attached hydrogen (secondary N) is 1. The van der Waals surface area contributed by atoms with Crippen molar-refractivity contribution >= 4 is 17.8 Å². The van der Waals surface area contributed by atoms with Gasteiger partial charge in [0.15, 0.2) is 0 Å². The predicted octanol–water partition coefficient (Wildman–Crippen LogP) is 4.41. The Morgan fingerprint density at radius 2 is 1.14 bits per heavy atom.